The Hall–Kier alpha value is -2.57. The van der Waals surface area contributed by atoms with E-state index in [0.717, 1.165) is 0 Å². The number of benzene rings is 1. The van der Waals surface area contributed by atoms with Crippen LogP contribution in [0.4, 0.5) is 4.79 Å². The van der Waals surface area contributed by atoms with Gasteiger partial charge in [-0.2, -0.15) is 0 Å². The fraction of sp³-hybridized carbons (Fsp3) is 0.526. The van der Waals surface area contributed by atoms with Crippen LogP contribution in [0.1, 0.15) is 37.0 Å². The van der Waals surface area contributed by atoms with Gasteiger partial charge in [0.2, 0.25) is 0 Å². The monoisotopic (exact) mass is 358 g/mol. The van der Waals surface area contributed by atoms with Crippen LogP contribution < -0.4 is 5.32 Å². The largest absolute Gasteiger partial charge is 0.441 e. The van der Waals surface area contributed by atoms with Crippen LogP contribution in [0.25, 0.3) is 11.1 Å². The highest BCUT2D eigenvalue weighted by atomic mass is 16.3. The number of aromatic nitrogens is 1. The van der Waals surface area contributed by atoms with Gasteiger partial charge in [0.1, 0.15) is 5.52 Å². The van der Waals surface area contributed by atoms with E-state index in [1.165, 1.54) is 0 Å². The highest BCUT2D eigenvalue weighted by Crippen LogP contribution is 2.18. The Labute approximate surface area is 153 Å². The molecule has 1 N–H and O–H groups in total. The average molecular weight is 358 g/mol. The Bertz CT molecular complexity index is 814. The molecule has 1 aromatic heterocycles. The fourth-order valence-electron chi connectivity index (χ4n) is 2.92. The molecule has 0 radical (unpaired) electrons. The zero-order valence-corrected chi connectivity index (χ0v) is 15.8. The molecule has 0 unspecified atom stereocenters. The van der Waals surface area contributed by atoms with Crippen molar-refractivity contribution in [3.05, 3.63) is 29.7 Å². The summed E-state index contributed by atoms with van der Waals surface area (Å²) in [5, 5.41) is 2.96. The number of carbonyl (C=O) groups is 2. The maximum atomic E-state index is 12.7. The number of amides is 3. The van der Waals surface area contributed by atoms with Crippen molar-refractivity contribution in [1.82, 2.24) is 20.1 Å². The van der Waals surface area contributed by atoms with Crippen LogP contribution in [-0.2, 0) is 0 Å². The molecule has 0 aliphatic carbocycles. The van der Waals surface area contributed by atoms with Gasteiger partial charge in [0.15, 0.2) is 11.5 Å². The number of urea groups is 1. The number of hydrogen-bond acceptors (Lipinski definition) is 4. The zero-order valence-electron chi connectivity index (χ0n) is 15.8. The molecule has 7 nitrogen and oxygen atoms in total. The Balaban J connectivity index is 1.58. The number of piperazine rings is 1. The summed E-state index contributed by atoms with van der Waals surface area (Å²) in [6, 6.07) is 5.24. The molecule has 3 amide bonds. The van der Waals surface area contributed by atoms with Gasteiger partial charge >= 0.3 is 6.03 Å². The second-order valence-electron chi connectivity index (χ2n) is 7.91. The summed E-state index contributed by atoms with van der Waals surface area (Å²) in [5.74, 6) is 0.543. The van der Waals surface area contributed by atoms with Crippen LogP contribution in [0.15, 0.2) is 22.6 Å². The van der Waals surface area contributed by atoms with Gasteiger partial charge in [-0.1, -0.05) is 20.8 Å². The minimum absolute atomic E-state index is 0.0395. The maximum absolute atomic E-state index is 12.7. The lowest BCUT2D eigenvalue weighted by atomic mass is 9.97. The molecule has 1 aliphatic rings. The van der Waals surface area contributed by atoms with Gasteiger partial charge in [0.25, 0.3) is 5.91 Å². The van der Waals surface area contributed by atoms with Gasteiger partial charge in [-0.3, -0.25) is 4.79 Å². The van der Waals surface area contributed by atoms with Crippen LogP contribution in [-0.4, -0.2) is 59.4 Å². The second kappa shape index (κ2) is 6.97. The first kappa shape index (κ1) is 18.2. The minimum Gasteiger partial charge on any atom is -0.441 e. The van der Waals surface area contributed by atoms with Gasteiger partial charge in [-0.15, -0.1) is 0 Å². The van der Waals surface area contributed by atoms with Crippen molar-refractivity contribution in [3.8, 4) is 0 Å². The van der Waals surface area contributed by atoms with Gasteiger partial charge in [0, 0.05) is 45.2 Å². The van der Waals surface area contributed by atoms with Crippen molar-refractivity contribution in [2.24, 2.45) is 5.41 Å². The molecule has 1 aromatic carbocycles. The van der Waals surface area contributed by atoms with Gasteiger partial charge in [-0.25, -0.2) is 9.78 Å². The third kappa shape index (κ3) is 4.15. The molecule has 7 heteroatoms. The highest BCUT2D eigenvalue weighted by molar-refractivity contribution is 5.97. The molecule has 1 saturated heterocycles. The Morgan fingerprint density at radius 1 is 1.15 bits per heavy atom. The van der Waals surface area contributed by atoms with E-state index >= 15 is 0 Å². The molecule has 0 bridgehead atoms. The Morgan fingerprint density at radius 3 is 2.46 bits per heavy atom. The van der Waals surface area contributed by atoms with Gasteiger partial charge < -0.3 is 19.5 Å². The number of rotatable bonds is 2. The van der Waals surface area contributed by atoms with E-state index in [2.05, 4.69) is 31.1 Å². The van der Waals surface area contributed by atoms with E-state index in [4.69, 9.17) is 4.42 Å². The molecular weight excluding hydrogens is 332 g/mol. The molecular formula is C19H26N4O3. The lowest BCUT2D eigenvalue weighted by molar-refractivity contribution is 0.0664. The molecule has 1 aliphatic heterocycles. The van der Waals surface area contributed by atoms with Gasteiger partial charge in [0.05, 0.1) is 0 Å². The molecule has 0 spiro atoms. The third-order valence-electron chi connectivity index (χ3n) is 4.37. The number of nitrogens with zero attached hydrogens (tertiary/aromatic N) is 3. The van der Waals surface area contributed by atoms with Crippen LogP contribution in [0.2, 0.25) is 0 Å². The van der Waals surface area contributed by atoms with Crippen LogP contribution >= 0.6 is 0 Å². The molecule has 1 fully saturated rings. The molecule has 0 atom stereocenters. The highest BCUT2D eigenvalue weighted by Gasteiger charge is 2.25. The number of hydrogen-bond donors (Lipinski definition) is 1. The summed E-state index contributed by atoms with van der Waals surface area (Å²) < 4.78 is 5.45. The summed E-state index contributed by atoms with van der Waals surface area (Å²) in [6.45, 7) is 10.8. The molecule has 0 saturated carbocycles. The van der Waals surface area contributed by atoms with Crippen LogP contribution in [0.5, 0.6) is 0 Å². The number of oxazole rings is 1. The minimum atomic E-state index is -0.0634. The van der Waals surface area contributed by atoms with Crippen molar-refractivity contribution < 1.29 is 14.0 Å². The van der Waals surface area contributed by atoms with Crippen LogP contribution in [0, 0.1) is 12.3 Å². The number of aryl methyl sites for hydroxylation is 1. The lowest BCUT2D eigenvalue weighted by Crippen LogP contribution is -2.53. The van der Waals surface area contributed by atoms with Crippen molar-refractivity contribution in [3.63, 3.8) is 0 Å². The Kier molecular flexibility index (Phi) is 4.89. The van der Waals surface area contributed by atoms with E-state index < -0.39 is 0 Å². The molecule has 2 aromatic rings. The van der Waals surface area contributed by atoms with E-state index in [0.29, 0.717) is 55.3 Å². The fourth-order valence-corrected chi connectivity index (χ4v) is 2.92. The predicted molar refractivity (Wildman–Crippen MR) is 99.1 cm³/mol. The smallest absolute Gasteiger partial charge is 0.317 e. The third-order valence-corrected chi connectivity index (χ3v) is 4.37. The van der Waals surface area contributed by atoms with Crippen LogP contribution in [0.3, 0.4) is 0 Å². The van der Waals surface area contributed by atoms with E-state index in [9.17, 15) is 9.59 Å². The summed E-state index contributed by atoms with van der Waals surface area (Å²) in [7, 11) is 0. The summed E-state index contributed by atoms with van der Waals surface area (Å²) in [6.07, 6.45) is 0. The quantitative estimate of drug-likeness (QED) is 0.895. The number of fused-ring (bicyclic) bond motifs is 1. The van der Waals surface area contributed by atoms with Crippen molar-refractivity contribution >= 4 is 23.0 Å². The normalized spacial score (nSPS) is 15.4. The second-order valence-corrected chi connectivity index (χ2v) is 7.91. The predicted octanol–water partition coefficient (Wildman–Crippen LogP) is 2.65. The molecule has 2 heterocycles. The first-order chi connectivity index (χ1) is 12.2. The first-order valence-electron chi connectivity index (χ1n) is 8.92. The number of nitrogens with one attached hydrogen (secondary N) is 1. The number of carbonyl (C=O) groups excluding carboxylic acids is 2. The molecule has 3 rings (SSSR count). The standard InChI is InChI=1S/C19H26N4O3/c1-13-21-15-11-14(5-6-16(15)26-13)17(24)22-7-9-23(10-8-22)18(25)20-12-19(2,3)4/h5-6,11H,7-10,12H2,1-4H3,(H,20,25). The maximum Gasteiger partial charge on any atom is 0.317 e. The summed E-state index contributed by atoms with van der Waals surface area (Å²) in [5.41, 5.74) is 2.01. The molecule has 140 valence electrons. The summed E-state index contributed by atoms with van der Waals surface area (Å²) >= 11 is 0. The lowest BCUT2D eigenvalue weighted by Gasteiger charge is -2.35. The first-order valence-corrected chi connectivity index (χ1v) is 8.92. The van der Waals surface area contributed by atoms with E-state index in [1.807, 2.05) is 0 Å². The topological polar surface area (TPSA) is 78.7 Å². The molecule has 26 heavy (non-hydrogen) atoms. The SMILES string of the molecule is Cc1nc2cc(C(=O)N3CCN(C(=O)NCC(C)(C)C)CC3)ccc2o1. The van der Waals surface area contributed by atoms with Crippen molar-refractivity contribution in [2.75, 3.05) is 32.7 Å². The van der Waals surface area contributed by atoms with Crippen molar-refractivity contribution in [1.29, 1.82) is 0 Å². The van der Waals surface area contributed by atoms with E-state index in [1.54, 1.807) is 34.9 Å². The summed E-state index contributed by atoms with van der Waals surface area (Å²) in [4.78, 5) is 32.8. The average Bonchev–Trinajstić information content (AvgIpc) is 2.97. The van der Waals surface area contributed by atoms with E-state index in [-0.39, 0.29) is 17.4 Å². The zero-order chi connectivity index (χ0) is 18.9. The van der Waals surface area contributed by atoms with Gasteiger partial charge in [-0.05, 0) is 23.6 Å². The Morgan fingerprint density at radius 2 is 1.81 bits per heavy atom. The van der Waals surface area contributed by atoms with Crippen molar-refractivity contribution in [2.45, 2.75) is 27.7 Å².